The second-order valence-electron chi connectivity index (χ2n) is 5.15. The summed E-state index contributed by atoms with van der Waals surface area (Å²) in [7, 11) is 0. The number of carbonyl (C=O) groups excluding carboxylic acids is 1. The maximum Gasteiger partial charge on any atom is 0.222 e. The Kier molecular flexibility index (Phi) is 6.46. The van der Waals surface area contributed by atoms with Crippen LogP contribution < -0.4 is 10.6 Å². The highest BCUT2D eigenvalue weighted by molar-refractivity contribution is 5.77. The molecule has 0 heterocycles. The van der Waals surface area contributed by atoms with Crippen LogP contribution in [-0.2, 0) is 4.79 Å². The summed E-state index contributed by atoms with van der Waals surface area (Å²) in [5.41, 5.74) is 0. The molecule has 1 aliphatic carbocycles. The Morgan fingerprint density at radius 1 is 1.19 bits per heavy atom. The molecule has 0 atom stereocenters. The number of nitrogens with one attached hydrogen (secondary N) is 2. The summed E-state index contributed by atoms with van der Waals surface area (Å²) >= 11 is 0. The van der Waals surface area contributed by atoms with Crippen molar-refractivity contribution in [3.8, 4) is 0 Å². The van der Waals surface area contributed by atoms with Crippen molar-refractivity contribution in [2.75, 3.05) is 19.6 Å². The van der Waals surface area contributed by atoms with Gasteiger partial charge in [-0.3, -0.25) is 4.79 Å². The van der Waals surface area contributed by atoms with E-state index in [9.17, 15) is 4.79 Å². The van der Waals surface area contributed by atoms with Crippen LogP contribution in [0.3, 0.4) is 0 Å². The molecule has 3 heteroatoms. The fourth-order valence-electron chi connectivity index (χ4n) is 2.18. The third-order valence-corrected chi connectivity index (χ3v) is 3.28. The van der Waals surface area contributed by atoms with Gasteiger partial charge < -0.3 is 10.6 Å². The Morgan fingerprint density at radius 3 is 2.50 bits per heavy atom. The standard InChI is InChI=1S/C13H26N2O/c1-11(2)13(16)15-9-8-14-10-12-6-4-3-5-7-12/h11-12,14H,3-10H2,1-2H3,(H,15,16). The van der Waals surface area contributed by atoms with E-state index in [4.69, 9.17) is 0 Å². The van der Waals surface area contributed by atoms with E-state index < -0.39 is 0 Å². The molecular formula is C13H26N2O. The number of rotatable bonds is 6. The molecule has 1 saturated carbocycles. The molecule has 1 amide bonds. The third kappa shape index (κ3) is 5.50. The Morgan fingerprint density at radius 2 is 1.88 bits per heavy atom. The summed E-state index contributed by atoms with van der Waals surface area (Å²) in [6, 6.07) is 0. The van der Waals surface area contributed by atoms with Crippen LogP contribution in [0, 0.1) is 11.8 Å². The molecule has 1 fully saturated rings. The molecule has 0 aliphatic heterocycles. The monoisotopic (exact) mass is 226 g/mol. The van der Waals surface area contributed by atoms with E-state index >= 15 is 0 Å². The first-order valence-corrected chi connectivity index (χ1v) is 6.68. The molecular weight excluding hydrogens is 200 g/mol. The van der Waals surface area contributed by atoms with Crippen molar-refractivity contribution in [2.24, 2.45) is 11.8 Å². The van der Waals surface area contributed by atoms with E-state index in [0.29, 0.717) is 0 Å². The molecule has 16 heavy (non-hydrogen) atoms. The number of hydrogen-bond donors (Lipinski definition) is 2. The lowest BCUT2D eigenvalue weighted by atomic mass is 9.89. The second kappa shape index (κ2) is 7.66. The molecule has 0 saturated heterocycles. The van der Waals surface area contributed by atoms with Gasteiger partial charge >= 0.3 is 0 Å². The largest absolute Gasteiger partial charge is 0.355 e. The molecule has 0 aromatic heterocycles. The summed E-state index contributed by atoms with van der Waals surface area (Å²) in [5, 5.41) is 6.35. The molecule has 0 aromatic rings. The molecule has 0 radical (unpaired) electrons. The summed E-state index contributed by atoms with van der Waals surface area (Å²) in [6.07, 6.45) is 6.98. The number of hydrogen-bond acceptors (Lipinski definition) is 2. The Bertz CT molecular complexity index is 198. The van der Waals surface area contributed by atoms with Gasteiger partial charge in [0, 0.05) is 19.0 Å². The third-order valence-electron chi connectivity index (χ3n) is 3.28. The molecule has 2 N–H and O–H groups in total. The highest BCUT2D eigenvalue weighted by Crippen LogP contribution is 2.22. The van der Waals surface area contributed by atoms with Crippen molar-refractivity contribution < 1.29 is 4.79 Å². The van der Waals surface area contributed by atoms with Crippen LogP contribution in [0.1, 0.15) is 46.0 Å². The zero-order valence-electron chi connectivity index (χ0n) is 10.7. The zero-order chi connectivity index (χ0) is 11.8. The van der Waals surface area contributed by atoms with Crippen LogP contribution >= 0.6 is 0 Å². The zero-order valence-corrected chi connectivity index (χ0v) is 10.7. The minimum Gasteiger partial charge on any atom is -0.355 e. The first-order valence-electron chi connectivity index (χ1n) is 6.68. The Balaban J connectivity index is 1.93. The van der Waals surface area contributed by atoms with Crippen molar-refractivity contribution in [2.45, 2.75) is 46.0 Å². The van der Waals surface area contributed by atoms with Gasteiger partial charge in [0.1, 0.15) is 0 Å². The quantitative estimate of drug-likeness (QED) is 0.679. The minimum atomic E-state index is 0.0957. The van der Waals surface area contributed by atoms with Crippen LogP contribution in [-0.4, -0.2) is 25.5 Å². The van der Waals surface area contributed by atoms with E-state index in [1.165, 1.54) is 32.1 Å². The lowest BCUT2D eigenvalue weighted by Gasteiger charge is -2.21. The van der Waals surface area contributed by atoms with Gasteiger partial charge in [-0.05, 0) is 25.3 Å². The molecule has 1 rings (SSSR count). The SMILES string of the molecule is CC(C)C(=O)NCCNCC1CCCCC1. The van der Waals surface area contributed by atoms with Crippen LogP contribution in [0.15, 0.2) is 0 Å². The van der Waals surface area contributed by atoms with E-state index in [2.05, 4.69) is 10.6 Å². The fraction of sp³-hybridized carbons (Fsp3) is 0.923. The summed E-state index contributed by atoms with van der Waals surface area (Å²) < 4.78 is 0. The minimum absolute atomic E-state index is 0.0957. The Labute approximate surface area is 99.4 Å². The van der Waals surface area contributed by atoms with E-state index in [-0.39, 0.29) is 11.8 Å². The smallest absolute Gasteiger partial charge is 0.222 e. The van der Waals surface area contributed by atoms with Gasteiger partial charge in [-0.1, -0.05) is 33.1 Å². The van der Waals surface area contributed by atoms with E-state index in [1.54, 1.807) is 0 Å². The van der Waals surface area contributed by atoms with Gasteiger partial charge in [0.05, 0.1) is 0 Å². The van der Waals surface area contributed by atoms with Crippen molar-refractivity contribution in [1.82, 2.24) is 10.6 Å². The first-order chi connectivity index (χ1) is 7.70. The van der Waals surface area contributed by atoms with Crippen molar-refractivity contribution in [3.05, 3.63) is 0 Å². The molecule has 1 aliphatic rings. The van der Waals surface area contributed by atoms with Crippen molar-refractivity contribution in [3.63, 3.8) is 0 Å². The van der Waals surface area contributed by atoms with E-state index in [1.807, 2.05) is 13.8 Å². The average molecular weight is 226 g/mol. The van der Waals surface area contributed by atoms with Gasteiger partial charge in [0.2, 0.25) is 5.91 Å². The normalized spacial score (nSPS) is 17.7. The van der Waals surface area contributed by atoms with Crippen LogP contribution in [0.25, 0.3) is 0 Å². The maximum absolute atomic E-state index is 11.3. The number of carbonyl (C=O) groups is 1. The van der Waals surface area contributed by atoms with Crippen LogP contribution in [0.4, 0.5) is 0 Å². The van der Waals surface area contributed by atoms with E-state index in [0.717, 1.165) is 25.6 Å². The van der Waals surface area contributed by atoms with Gasteiger partial charge in [0.15, 0.2) is 0 Å². The fourth-order valence-corrected chi connectivity index (χ4v) is 2.18. The van der Waals surface area contributed by atoms with Crippen LogP contribution in [0.2, 0.25) is 0 Å². The average Bonchev–Trinajstić information content (AvgIpc) is 2.29. The highest BCUT2D eigenvalue weighted by atomic mass is 16.1. The lowest BCUT2D eigenvalue weighted by molar-refractivity contribution is -0.123. The number of amides is 1. The topological polar surface area (TPSA) is 41.1 Å². The molecule has 94 valence electrons. The summed E-state index contributed by atoms with van der Waals surface area (Å²) in [4.78, 5) is 11.3. The van der Waals surface area contributed by atoms with Crippen molar-refractivity contribution in [1.29, 1.82) is 0 Å². The lowest BCUT2D eigenvalue weighted by Crippen LogP contribution is -2.36. The van der Waals surface area contributed by atoms with Gasteiger partial charge in [-0.15, -0.1) is 0 Å². The predicted octanol–water partition coefficient (Wildman–Crippen LogP) is 1.93. The van der Waals surface area contributed by atoms with Crippen molar-refractivity contribution >= 4 is 5.91 Å². The van der Waals surface area contributed by atoms with Crippen LogP contribution in [0.5, 0.6) is 0 Å². The molecule has 3 nitrogen and oxygen atoms in total. The highest BCUT2D eigenvalue weighted by Gasteiger charge is 2.12. The van der Waals surface area contributed by atoms with Gasteiger partial charge in [0.25, 0.3) is 0 Å². The second-order valence-corrected chi connectivity index (χ2v) is 5.15. The Hall–Kier alpha value is -0.570. The molecule has 0 aromatic carbocycles. The predicted molar refractivity (Wildman–Crippen MR) is 67.3 cm³/mol. The summed E-state index contributed by atoms with van der Waals surface area (Å²) in [5.74, 6) is 1.12. The first kappa shape index (κ1) is 13.5. The molecule has 0 unspecified atom stereocenters. The van der Waals surface area contributed by atoms with Gasteiger partial charge in [-0.2, -0.15) is 0 Å². The summed E-state index contributed by atoms with van der Waals surface area (Å²) in [6.45, 7) is 6.62. The molecule has 0 bridgehead atoms. The van der Waals surface area contributed by atoms with Gasteiger partial charge in [-0.25, -0.2) is 0 Å². The molecule has 0 spiro atoms. The maximum atomic E-state index is 11.3.